The average Bonchev–Trinajstić information content (AvgIpc) is 2.72. The summed E-state index contributed by atoms with van der Waals surface area (Å²) < 4.78 is -0.362. The zero-order valence-corrected chi connectivity index (χ0v) is 15.3. The van der Waals surface area contributed by atoms with Gasteiger partial charge < -0.3 is 14.8 Å². The van der Waals surface area contributed by atoms with Crippen molar-refractivity contribution in [2.24, 2.45) is 0 Å². The highest BCUT2D eigenvalue weighted by molar-refractivity contribution is 5.21. The number of rotatable bonds is 5. The van der Waals surface area contributed by atoms with Crippen LogP contribution in [-0.4, -0.2) is 16.1 Å². The van der Waals surface area contributed by atoms with Crippen LogP contribution in [-0.2, 0) is 13.1 Å². The molecule has 4 rings (SSSR count). The minimum absolute atomic E-state index is 0.153. The van der Waals surface area contributed by atoms with Crippen LogP contribution < -0.4 is 0 Å². The van der Waals surface area contributed by atoms with Crippen LogP contribution in [0.4, 0.5) is 0 Å². The molecule has 0 aliphatic carbocycles. The molecule has 1 heterocycles. The van der Waals surface area contributed by atoms with E-state index in [0.29, 0.717) is 13.1 Å². The van der Waals surface area contributed by atoms with Crippen molar-refractivity contribution in [1.29, 1.82) is 0 Å². The van der Waals surface area contributed by atoms with Crippen LogP contribution in [0.2, 0.25) is 0 Å². The Bertz CT molecular complexity index is 880. The van der Waals surface area contributed by atoms with Crippen LogP contribution in [0, 0.1) is 5.21 Å². The van der Waals surface area contributed by atoms with Crippen LogP contribution in [0.25, 0.3) is 0 Å². The van der Waals surface area contributed by atoms with Crippen molar-refractivity contribution in [2.75, 3.05) is 6.54 Å². The SMILES string of the molecule is [O-][N+]1(Cc2ccccc2)C=CN(Cc2ccccc2)CC1c1ccccc1. The lowest BCUT2D eigenvalue weighted by atomic mass is 10.0. The van der Waals surface area contributed by atoms with Crippen molar-refractivity contribution < 1.29 is 4.65 Å². The first-order valence-electron chi connectivity index (χ1n) is 9.38. The van der Waals surface area contributed by atoms with Gasteiger partial charge in [0.1, 0.15) is 18.8 Å². The molecule has 3 nitrogen and oxygen atoms in total. The lowest BCUT2D eigenvalue weighted by Crippen LogP contribution is -2.47. The number of hydroxylamine groups is 3. The molecule has 3 aromatic rings. The van der Waals surface area contributed by atoms with Gasteiger partial charge in [-0.05, 0) is 5.56 Å². The van der Waals surface area contributed by atoms with E-state index >= 15 is 0 Å². The molecule has 0 saturated heterocycles. The summed E-state index contributed by atoms with van der Waals surface area (Å²) in [5.41, 5.74) is 3.41. The second-order valence-corrected chi connectivity index (χ2v) is 7.14. The topological polar surface area (TPSA) is 26.3 Å². The van der Waals surface area contributed by atoms with Crippen LogP contribution in [0.15, 0.2) is 103 Å². The Morgan fingerprint density at radius 3 is 1.96 bits per heavy atom. The number of hydrogen-bond acceptors (Lipinski definition) is 2. The van der Waals surface area contributed by atoms with E-state index in [2.05, 4.69) is 41.3 Å². The molecular formula is C24H24N2O. The van der Waals surface area contributed by atoms with Gasteiger partial charge in [0.2, 0.25) is 0 Å². The van der Waals surface area contributed by atoms with Gasteiger partial charge >= 0.3 is 0 Å². The Morgan fingerprint density at radius 2 is 1.33 bits per heavy atom. The highest BCUT2D eigenvalue weighted by Gasteiger charge is 2.34. The van der Waals surface area contributed by atoms with Crippen LogP contribution in [0.1, 0.15) is 22.7 Å². The van der Waals surface area contributed by atoms with E-state index in [1.54, 1.807) is 0 Å². The second-order valence-electron chi connectivity index (χ2n) is 7.14. The van der Waals surface area contributed by atoms with Gasteiger partial charge in [0.25, 0.3) is 0 Å². The average molecular weight is 356 g/mol. The van der Waals surface area contributed by atoms with E-state index in [0.717, 1.165) is 17.7 Å². The van der Waals surface area contributed by atoms with Crippen molar-refractivity contribution in [2.45, 2.75) is 19.1 Å². The quantitative estimate of drug-likeness (QED) is 0.462. The second kappa shape index (κ2) is 7.78. The normalized spacial score (nSPS) is 22.0. The Kier molecular flexibility index (Phi) is 5.05. The Labute approximate surface area is 161 Å². The first-order valence-corrected chi connectivity index (χ1v) is 9.38. The summed E-state index contributed by atoms with van der Waals surface area (Å²) >= 11 is 0. The fraction of sp³-hybridized carbons (Fsp3) is 0.167. The molecule has 27 heavy (non-hydrogen) atoms. The number of benzene rings is 3. The molecule has 0 fully saturated rings. The van der Waals surface area contributed by atoms with Gasteiger partial charge in [0.15, 0.2) is 0 Å². The lowest BCUT2D eigenvalue weighted by molar-refractivity contribution is -0.878. The van der Waals surface area contributed by atoms with E-state index in [4.69, 9.17) is 0 Å². The molecule has 0 aromatic heterocycles. The summed E-state index contributed by atoms with van der Waals surface area (Å²) in [5.74, 6) is 0. The summed E-state index contributed by atoms with van der Waals surface area (Å²) in [7, 11) is 0. The molecule has 136 valence electrons. The number of hydrogen-bond donors (Lipinski definition) is 0. The summed E-state index contributed by atoms with van der Waals surface area (Å²) in [6, 6.07) is 30.5. The maximum Gasteiger partial charge on any atom is 0.137 e. The first kappa shape index (κ1) is 17.5. The van der Waals surface area contributed by atoms with Crippen molar-refractivity contribution >= 4 is 0 Å². The summed E-state index contributed by atoms with van der Waals surface area (Å²) in [4.78, 5) is 2.24. The third kappa shape index (κ3) is 4.11. The van der Waals surface area contributed by atoms with Crippen molar-refractivity contribution in [3.05, 3.63) is 125 Å². The highest BCUT2D eigenvalue weighted by atomic mass is 16.5. The smallest absolute Gasteiger partial charge is 0.137 e. The molecule has 1 aliphatic heterocycles. The van der Waals surface area contributed by atoms with E-state index < -0.39 is 0 Å². The molecule has 0 N–H and O–H groups in total. The monoisotopic (exact) mass is 356 g/mol. The molecule has 2 unspecified atom stereocenters. The third-order valence-electron chi connectivity index (χ3n) is 5.15. The summed E-state index contributed by atoms with van der Waals surface area (Å²) in [5, 5.41) is 13.8. The van der Waals surface area contributed by atoms with Gasteiger partial charge in [0, 0.05) is 17.7 Å². The molecule has 1 aliphatic rings. The van der Waals surface area contributed by atoms with Crippen molar-refractivity contribution in [1.82, 2.24) is 4.90 Å². The van der Waals surface area contributed by atoms with E-state index in [1.165, 1.54) is 5.56 Å². The molecule has 0 spiro atoms. The molecule has 0 saturated carbocycles. The maximum atomic E-state index is 13.8. The van der Waals surface area contributed by atoms with Gasteiger partial charge in [-0.25, -0.2) is 0 Å². The summed E-state index contributed by atoms with van der Waals surface area (Å²) in [6.07, 6.45) is 3.79. The Hall–Kier alpha value is -2.88. The fourth-order valence-electron chi connectivity index (χ4n) is 3.73. The third-order valence-corrected chi connectivity index (χ3v) is 5.15. The van der Waals surface area contributed by atoms with Crippen LogP contribution in [0.5, 0.6) is 0 Å². The number of quaternary nitrogens is 1. The minimum Gasteiger partial charge on any atom is -0.627 e. The van der Waals surface area contributed by atoms with E-state index in [-0.39, 0.29) is 10.7 Å². The fourth-order valence-corrected chi connectivity index (χ4v) is 3.73. The van der Waals surface area contributed by atoms with Crippen LogP contribution >= 0.6 is 0 Å². The zero-order chi connectivity index (χ0) is 18.5. The van der Waals surface area contributed by atoms with Crippen molar-refractivity contribution in [3.8, 4) is 0 Å². The Morgan fingerprint density at radius 1 is 0.778 bits per heavy atom. The molecule has 0 amide bonds. The Balaban J connectivity index is 1.63. The number of nitrogens with zero attached hydrogens (tertiary/aromatic N) is 2. The predicted octanol–water partition coefficient (Wildman–Crippen LogP) is 5.23. The zero-order valence-electron chi connectivity index (χ0n) is 15.3. The minimum atomic E-state index is -0.362. The van der Waals surface area contributed by atoms with E-state index in [1.807, 2.05) is 67.0 Å². The standard InChI is InChI=1S/C24H24N2O/c27-26(20-22-12-6-2-7-13-22)17-16-25(18-21-10-4-1-5-11-21)19-24(26)23-14-8-3-9-15-23/h1-17,24H,18-20H2. The molecule has 0 radical (unpaired) electrons. The molecular weight excluding hydrogens is 332 g/mol. The summed E-state index contributed by atoms with van der Waals surface area (Å²) in [6.45, 7) is 1.95. The largest absolute Gasteiger partial charge is 0.627 e. The van der Waals surface area contributed by atoms with E-state index in [9.17, 15) is 5.21 Å². The van der Waals surface area contributed by atoms with Gasteiger partial charge in [-0.3, -0.25) is 0 Å². The predicted molar refractivity (Wildman–Crippen MR) is 109 cm³/mol. The van der Waals surface area contributed by atoms with Crippen molar-refractivity contribution in [3.63, 3.8) is 0 Å². The van der Waals surface area contributed by atoms with Gasteiger partial charge in [-0.1, -0.05) is 91.0 Å². The molecule has 2 atom stereocenters. The van der Waals surface area contributed by atoms with Gasteiger partial charge in [-0.15, -0.1) is 0 Å². The van der Waals surface area contributed by atoms with Crippen LogP contribution in [0.3, 0.4) is 0 Å². The molecule has 3 heteroatoms. The molecule has 3 aromatic carbocycles. The first-order chi connectivity index (χ1) is 13.2. The van der Waals surface area contributed by atoms with Gasteiger partial charge in [0.05, 0.1) is 12.7 Å². The molecule has 0 bridgehead atoms. The maximum absolute atomic E-state index is 13.8. The highest BCUT2D eigenvalue weighted by Crippen LogP contribution is 2.35. The van der Waals surface area contributed by atoms with Gasteiger partial charge in [-0.2, -0.15) is 0 Å². The lowest BCUT2D eigenvalue weighted by Gasteiger charge is -2.50.